The predicted octanol–water partition coefficient (Wildman–Crippen LogP) is 1.78. The largest absolute Gasteiger partial charge is 0.369 e. The standard InChI is InChI=1S/C15H28N2O2/c1-10-5-12(7-13(16)6-10)14(18)17-8-11(2)19-15(3,4)9-17/h10-13H,5-9,16H2,1-4H3. The second-order valence-electron chi connectivity index (χ2n) is 7.18. The molecule has 1 saturated carbocycles. The van der Waals surface area contributed by atoms with Crippen molar-refractivity contribution < 1.29 is 9.53 Å². The third kappa shape index (κ3) is 3.69. The van der Waals surface area contributed by atoms with Gasteiger partial charge in [-0.15, -0.1) is 0 Å². The Morgan fingerprint density at radius 3 is 2.53 bits per heavy atom. The second kappa shape index (κ2) is 5.41. The third-order valence-corrected chi connectivity index (χ3v) is 4.21. The molecule has 1 heterocycles. The first-order chi connectivity index (χ1) is 8.77. The molecule has 4 unspecified atom stereocenters. The molecule has 2 rings (SSSR count). The van der Waals surface area contributed by atoms with E-state index in [0.717, 1.165) is 19.3 Å². The lowest BCUT2D eigenvalue weighted by Crippen LogP contribution is -2.55. The van der Waals surface area contributed by atoms with Crippen molar-refractivity contribution in [2.75, 3.05) is 13.1 Å². The topological polar surface area (TPSA) is 55.6 Å². The fourth-order valence-corrected chi connectivity index (χ4v) is 3.74. The summed E-state index contributed by atoms with van der Waals surface area (Å²) < 4.78 is 5.87. The Bertz CT molecular complexity index is 333. The Balaban J connectivity index is 2.02. The van der Waals surface area contributed by atoms with Gasteiger partial charge in [0.2, 0.25) is 5.91 Å². The number of hydrogen-bond acceptors (Lipinski definition) is 3. The van der Waals surface area contributed by atoms with Crippen LogP contribution in [0.5, 0.6) is 0 Å². The maximum atomic E-state index is 12.7. The number of rotatable bonds is 1. The summed E-state index contributed by atoms with van der Waals surface area (Å²) >= 11 is 0. The van der Waals surface area contributed by atoms with E-state index in [2.05, 4.69) is 20.8 Å². The molecule has 0 aromatic heterocycles. The summed E-state index contributed by atoms with van der Waals surface area (Å²) in [6.07, 6.45) is 2.99. The number of carbonyl (C=O) groups excluding carboxylic acids is 1. The minimum absolute atomic E-state index is 0.111. The first-order valence-corrected chi connectivity index (χ1v) is 7.49. The molecule has 0 spiro atoms. The summed E-state index contributed by atoms with van der Waals surface area (Å²) in [5.41, 5.74) is 5.83. The molecule has 0 aromatic rings. The van der Waals surface area contributed by atoms with Crippen LogP contribution < -0.4 is 5.73 Å². The molecule has 1 aliphatic carbocycles. The van der Waals surface area contributed by atoms with Crippen LogP contribution in [0, 0.1) is 11.8 Å². The molecule has 2 fully saturated rings. The van der Waals surface area contributed by atoms with Crippen molar-refractivity contribution in [1.82, 2.24) is 4.90 Å². The van der Waals surface area contributed by atoms with Gasteiger partial charge < -0.3 is 15.4 Å². The van der Waals surface area contributed by atoms with E-state index in [9.17, 15) is 4.79 Å². The van der Waals surface area contributed by atoms with E-state index in [0.29, 0.717) is 19.0 Å². The Kier molecular flexibility index (Phi) is 4.21. The molecule has 1 saturated heterocycles. The molecule has 4 nitrogen and oxygen atoms in total. The number of amides is 1. The van der Waals surface area contributed by atoms with Gasteiger partial charge in [0.25, 0.3) is 0 Å². The molecule has 4 heteroatoms. The second-order valence-corrected chi connectivity index (χ2v) is 7.18. The van der Waals surface area contributed by atoms with Crippen molar-refractivity contribution in [2.45, 2.75) is 64.7 Å². The Hall–Kier alpha value is -0.610. The van der Waals surface area contributed by atoms with E-state index in [1.165, 1.54) is 0 Å². The fourth-order valence-electron chi connectivity index (χ4n) is 3.74. The smallest absolute Gasteiger partial charge is 0.225 e. The number of carbonyl (C=O) groups is 1. The van der Waals surface area contributed by atoms with E-state index in [4.69, 9.17) is 10.5 Å². The normalized spacial score (nSPS) is 39.1. The van der Waals surface area contributed by atoms with E-state index in [-0.39, 0.29) is 29.6 Å². The lowest BCUT2D eigenvalue weighted by atomic mass is 9.79. The van der Waals surface area contributed by atoms with E-state index < -0.39 is 0 Å². The van der Waals surface area contributed by atoms with Crippen LogP contribution >= 0.6 is 0 Å². The first-order valence-electron chi connectivity index (χ1n) is 7.49. The molecular weight excluding hydrogens is 240 g/mol. The van der Waals surface area contributed by atoms with Crippen molar-refractivity contribution >= 4 is 5.91 Å². The van der Waals surface area contributed by atoms with Crippen molar-refractivity contribution in [3.05, 3.63) is 0 Å². The van der Waals surface area contributed by atoms with Crippen LogP contribution in [0.2, 0.25) is 0 Å². The first kappa shape index (κ1) is 14.8. The van der Waals surface area contributed by atoms with Gasteiger partial charge in [-0.25, -0.2) is 0 Å². The highest BCUT2D eigenvalue weighted by atomic mass is 16.5. The Morgan fingerprint density at radius 2 is 1.95 bits per heavy atom. The van der Waals surface area contributed by atoms with Gasteiger partial charge in [0, 0.05) is 25.0 Å². The Labute approximate surface area is 116 Å². The average molecular weight is 268 g/mol. The SMILES string of the molecule is CC1CC(N)CC(C(=O)N2CC(C)OC(C)(C)C2)C1. The summed E-state index contributed by atoms with van der Waals surface area (Å²) in [7, 11) is 0. The zero-order chi connectivity index (χ0) is 14.2. The van der Waals surface area contributed by atoms with Gasteiger partial charge in [-0.3, -0.25) is 4.79 Å². The van der Waals surface area contributed by atoms with Crippen molar-refractivity contribution in [2.24, 2.45) is 17.6 Å². The molecule has 0 aromatic carbocycles. The molecule has 110 valence electrons. The number of nitrogens with two attached hydrogens (primary N) is 1. The number of nitrogens with zero attached hydrogens (tertiary/aromatic N) is 1. The predicted molar refractivity (Wildman–Crippen MR) is 75.7 cm³/mol. The van der Waals surface area contributed by atoms with Crippen molar-refractivity contribution in [1.29, 1.82) is 0 Å². The zero-order valence-electron chi connectivity index (χ0n) is 12.7. The number of morpholine rings is 1. The molecule has 0 bridgehead atoms. The van der Waals surface area contributed by atoms with E-state index in [1.54, 1.807) is 0 Å². The highest BCUT2D eigenvalue weighted by Crippen LogP contribution is 2.31. The van der Waals surface area contributed by atoms with Gasteiger partial charge >= 0.3 is 0 Å². The van der Waals surface area contributed by atoms with Crippen LogP contribution in [0.3, 0.4) is 0 Å². The van der Waals surface area contributed by atoms with Crippen LogP contribution in [0.15, 0.2) is 0 Å². The third-order valence-electron chi connectivity index (χ3n) is 4.21. The van der Waals surface area contributed by atoms with E-state index >= 15 is 0 Å². The molecular formula is C15H28N2O2. The highest BCUT2D eigenvalue weighted by molar-refractivity contribution is 5.79. The molecule has 2 aliphatic rings. The summed E-state index contributed by atoms with van der Waals surface area (Å²) in [6.45, 7) is 9.75. The molecule has 0 radical (unpaired) electrons. The number of ether oxygens (including phenoxy) is 1. The number of hydrogen-bond donors (Lipinski definition) is 1. The van der Waals surface area contributed by atoms with Gasteiger partial charge in [-0.2, -0.15) is 0 Å². The summed E-state index contributed by atoms with van der Waals surface area (Å²) in [6, 6.07) is 0.184. The van der Waals surface area contributed by atoms with Crippen LogP contribution in [0.25, 0.3) is 0 Å². The van der Waals surface area contributed by atoms with Crippen LogP contribution in [0.4, 0.5) is 0 Å². The van der Waals surface area contributed by atoms with Gasteiger partial charge in [-0.1, -0.05) is 6.92 Å². The minimum Gasteiger partial charge on any atom is -0.369 e. The highest BCUT2D eigenvalue weighted by Gasteiger charge is 2.38. The quantitative estimate of drug-likeness (QED) is 0.788. The molecule has 2 N–H and O–H groups in total. The van der Waals surface area contributed by atoms with Gasteiger partial charge in [0.05, 0.1) is 11.7 Å². The molecule has 1 aliphatic heterocycles. The molecule has 4 atom stereocenters. The average Bonchev–Trinajstić information content (AvgIpc) is 2.23. The van der Waals surface area contributed by atoms with Gasteiger partial charge in [0.15, 0.2) is 0 Å². The summed E-state index contributed by atoms with van der Waals surface area (Å²) in [5, 5.41) is 0. The van der Waals surface area contributed by atoms with Gasteiger partial charge in [-0.05, 0) is 46.0 Å². The lowest BCUT2D eigenvalue weighted by Gasteiger charge is -2.44. The van der Waals surface area contributed by atoms with Crippen LogP contribution in [-0.2, 0) is 9.53 Å². The summed E-state index contributed by atoms with van der Waals surface area (Å²) in [4.78, 5) is 14.7. The monoisotopic (exact) mass is 268 g/mol. The maximum Gasteiger partial charge on any atom is 0.225 e. The molecule has 19 heavy (non-hydrogen) atoms. The van der Waals surface area contributed by atoms with Gasteiger partial charge in [0.1, 0.15) is 0 Å². The van der Waals surface area contributed by atoms with E-state index in [1.807, 2.05) is 11.8 Å². The molecule has 1 amide bonds. The fraction of sp³-hybridized carbons (Fsp3) is 0.933. The van der Waals surface area contributed by atoms with Crippen LogP contribution in [-0.4, -0.2) is 41.6 Å². The Morgan fingerprint density at radius 1 is 1.26 bits per heavy atom. The van der Waals surface area contributed by atoms with Crippen LogP contribution in [0.1, 0.15) is 47.0 Å². The van der Waals surface area contributed by atoms with Crippen molar-refractivity contribution in [3.63, 3.8) is 0 Å². The summed E-state index contributed by atoms with van der Waals surface area (Å²) in [5.74, 6) is 0.953. The zero-order valence-corrected chi connectivity index (χ0v) is 12.7. The minimum atomic E-state index is -0.240. The lowest BCUT2D eigenvalue weighted by molar-refractivity contribution is -0.162. The maximum absolute atomic E-state index is 12.7. The van der Waals surface area contributed by atoms with Crippen molar-refractivity contribution in [3.8, 4) is 0 Å².